The first-order valence-electron chi connectivity index (χ1n) is 5.56. The smallest absolute Gasteiger partial charge is 0.246 e. The number of carbonyl (C=O) groups excluding carboxylic acids is 1. The highest BCUT2D eigenvalue weighted by molar-refractivity contribution is 9.11. The second kappa shape index (κ2) is 5.80. The fourth-order valence-electron chi connectivity index (χ4n) is 1.70. The van der Waals surface area contributed by atoms with Gasteiger partial charge in [0.25, 0.3) is 0 Å². The van der Waals surface area contributed by atoms with Crippen molar-refractivity contribution in [3.8, 4) is 0 Å². The molecule has 1 aromatic heterocycles. The summed E-state index contributed by atoms with van der Waals surface area (Å²) in [4.78, 5) is 17.1. The zero-order valence-electron chi connectivity index (χ0n) is 9.73. The summed E-state index contributed by atoms with van der Waals surface area (Å²) in [5, 5.41) is 0. The fraction of sp³-hybridized carbons (Fsp3) is 0.417. The molecule has 1 aliphatic heterocycles. The number of thiophene rings is 1. The van der Waals surface area contributed by atoms with E-state index in [1.54, 1.807) is 17.4 Å². The largest absolute Gasteiger partial charge is 0.337 e. The van der Waals surface area contributed by atoms with Crippen molar-refractivity contribution in [2.75, 3.05) is 33.2 Å². The second-order valence-corrected chi connectivity index (χ2v) is 6.60. The normalized spacial score (nSPS) is 17.9. The summed E-state index contributed by atoms with van der Waals surface area (Å²) in [5.74, 6) is 0.114. The van der Waals surface area contributed by atoms with E-state index in [1.165, 1.54) is 0 Å². The average molecular weight is 315 g/mol. The summed E-state index contributed by atoms with van der Waals surface area (Å²) in [6.07, 6.45) is 3.56. The molecule has 1 fully saturated rings. The number of rotatable bonds is 2. The van der Waals surface area contributed by atoms with Crippen LogP contribution in [0.15, 0.2) is 22.0 Å². The molecule has 1 aromatic rings. The van der Waals surface area contributed by atoms with Crippen LogP contribution in [0, 0.1) is 0 Å². The van der Waals surface area contributed by atoms with Gasteiger partial charge in [0, 0.05) is 37.1 Å². The van der Waals surface area contributed by atoms with Crippen LogP contribution in [0.3, 0.4) is 0 Å². The molecule has 3 nitrogen and oxygen atoms in total. The van der Waals surface area contributed by atoms with Crippen LogP contribution in [-0.2, 0) is 4.79 Å². The molecule has 17 heavy (non-hydrogen) atoms. The minimum Gasteiger partial charge on any atom is -0.337 e. The molecule has 1 amide bonds. The van der Waals surface area contributed by atoms with E-state index in [0.717, 1.165) is 34.8 Å². The van der Waals surface area contributed by atoms with Gasteiger partial charge in [-0.05, 0) is 41.2 Å². The van der Waals surface area contributed by atoms with E-state index < -0.39 is 0 Å². The maximum absolute atomic E-state index is 11.9. The molecule has 2 rings (SSSR count). The second-order valence-electron chi connectivity index (χ2n) is 4.10. The van der Waals surface area contributed by atoms with E-state index in [1.807, 2.05) is 23.1 Å². The lowest BCUT2D eigenvalue weighted by atomic mass is 10.3. The molecule has 0 aliphatic carbocycles. The lowest BCUT2D eigenvalue weighted by molar-refractivity contribution is -0.127. The minimum atomic E-state index is 0.114. The monoisotopic (exact) mass is 314 g/mol. The van der Waals surface area contributed by atoms with Gasteiger partial charge in [0.1, 0.15) is 0 Å². The SMILES string of the molecule is CN1CCN(C(=O)/C=C/c2ccc(Br)s2)CC1. The van der Waals surface area contributed by atoms with Crippen LogP contribution in [0.25, 0.3) is 6.08 Å². The maximum atomic E-state index is 11.9. The highest BCUT2D eigenvalue weighted by Crippen LogP contribution is 2.23. The van der Waals surface area contributed by atoms with Gasteiger partial charge in [0.2, 0.25) is 5.91 Å². The molecule has 0 bridgehead atoms. The zero-order valence-corrected chi connectivity index (χ0v) is 12.1. The summed E-state index contributed by atoms with van der Waals surface area (Å²) < 4.78 is 1.09. The number of carbonyl (C=O) groups is 1. The van der Waals surface area contributed by atoms with E-state index in [-0.39, 0.29) is 5.91 Å². The summed E-state index contributed by atoms with van der Waals surface area (Å²) in [6, 6.07) is 3.99. The first kappa shape index (κ1) is 12.8. The van der Waals surface area contributed by atoms with Crippen molar-refractivity contribution in [3.05, 3.63) is 26.9 Å². The molecule has 92 valence electrons. The number of amides is 1. The lowest BCUT2D eigenvalue weighted by Gasteiger charge is -2.31. The topological polar surface area (TPSA) is 23.6 Å². The molecular weight excluding hydrogens is 300 g/mol. The molecule has 1 aliphatic rings. The van der Waals surface area contributed by atoms with Crippen LogP contribution >= 0.6 is 27.3 Å². The molecule has 2 heterocycles. The van der Waals surface area contributed by atoms with Gasteiger partial charge in [0.05, 0.1) is 3.79 Å². The third-order valence-electron chi connectivity index (χ3n) is 2.80. The van der Waals surface area contributed by atoms with Gasteiger partial charge in [-0.1, -0.05) is 0 Å². The van der Waals surface area contributed by atoms with Crippen LogP contribution < -0.4 is 0 Å². The number of hydrogen-bond donors (Lipinski definition) is 0. The Labute approximate surface area is 114 Å². The van der Waals surface area contributed by atoms with Crippen molar-refractivity contribution in [3.63, 3.8) is 0 Å². The Hall–Kier alpha value is -0.650. The van der Waals surface area contributed by atoms with E-state index in [9.17, 15) is 4.79 Å². The van der Waals surface area contributed by atoms with Gasteiger partial charge in [-0.25, -0.2) is 0 Å². The highest BCUT2D eigenvalue weighted by Gasteiger charge is 2.16. The molecular formula is C12H15BrN2OS. The Balaban J connectivity index is 1.90. The first-order valence-corrected chi connectivity index (χ1v) is 7.17. The fourth-order valence-corrected chi connectivity index (χ4v) is 3.03. The van der Waals surface area contributed by atoms with Gasteiger partial charge in [-0.2, -0.15) is 0 Å². The maximum Gasteiger partial charge on any atom is 0.246 e. The average Bonchev–Trinajstić information content (AvgIpc) is 2.73. The van der Waals surface area contributed by atoms with Crippen molar-refractivity contribution >= 4 is 39.2 Å². The number of nitrogens with zero attached hydrogens (tertiary/aromatic N) is 2. The summed E-state index contributed by atoms with van der Waals surface area (Å²) in [7, 11) is 2.08. The van der Waals surface area contributed by atoms with Crippen LogP contribution in [0.2, 0.25) is 0 Å². The van der Waals surface area contributed by atoms with Gasteiger partial charge in [-0.3, -0.25) is 4.79 Å². The Morgan fingerprint density at radius 2 is 2.06 bits per heavy atom. The number of hydrogen-bond acceptors (Lipinski definition) is 3. The van der Waals surface area contributed by atoms with Crippen molar-refractivity contribution < 1.29 is 4.79 Å². The Bertz CT molecular complexity index is 422. The van der Waals surface area contributed by atoms with Gasteiger partial charge < -0.3 is 9.80 Å². The number of likely N-dealkylation sites (N-methyl/N-ethyl adjacent to an activating group) is 1. The van der Waals surface area contributed by atoms with E-state index in [4.69, 9.17) is 0 Å². The number of halogens is 1. The predicted octanol–water partition coefficient (Wildman–Crippen LogP) is 2.30. The summed E-state index contributed by atoms with van der Waals surface area (Å²) >= 11 is 5.03. The van der Waals surface area contributed by atoms with Crippen LogP contribution in [0.5, 0.6) is 0 Å². The van der Waals surface area contributed by atoms with Crippen molar-refractivity contribution in [2.24, 2.45) is 0 Å². The molecule has 0 radical (unpaired) electrons. The van der Waals surface area contributed by atoms with Gasteiger partial charge in [-0.15, -0.1) is 11.3 Å². The molecule has 5 heteroatoms. The Morgan fingerprint density at radius 1 is 1.35 bits per heavy atom. The summed E-state index contributed by atoms with van der Waals surface area (Å²) in [6.45, 7) is 3.58. The first-order chi connectivity index (χ1) is 8.15. The Morgan fingerprint density at radius 3 is 2.65 bits per heavy atom. The number of piperazine rings is 1. The molecule has 0 N–H and O–H groups in total. The van der Waals surface area contributed by atoms with Gasteiger partial charge in [0.15, 0.2) is 0 Å². The zero-order chi connectivity index (χ0) is 12.3. The standard InChI is InChI=1S/C12H15BrN2OS/c1-14-6-8-15(9-7-14)12(16)5-3-10-2-4-11(13)17-10/h2-5H,6-9H2,1H3/b5-3+. The predicted molar refractivity (Wildman–Crippen MR) is 75.1 cm³/mol. The van der Waals surface area contributed by atoms with Crippen LogP contribution in [-0.4, -0.2) is 48.9 Å². The van der Waals surface area contributed by atoms with Crippen LogP contribution in [0.1, 0.15) is 4.88 Å². The third kappa shape index (κ3) is 3.66. The molecule has 0 atom stereocenters. The van der Waals surface area contributed by atoms with Crippen molar-refractivity contribution in [1.82, 2.24) is 9.80 Å². The third-order valence-corrected chi connectivity index (χ3v) is 4.39. The summed E-state index contributed by atoms with van der Waals surface area (Å²) in [5.41, 5.74) is 0. The molecule has 0 unspecified atom stereocenters. The molecule has 0 aromatic carbocycles. The minimum absolute atomic E-state index is 0.114. The van der Waals surface area contributed by atoms with E-state index in [0.29, 0.717) is 0 Å². The van der Waals surface area contributed by atoms with Gasteiger partial charge >= 0.3 is 0 Å². The van der Waals surface area contributed by atoms with E-state index >= 15 is 0 Å². The van der Waals surface area contributed by atoms with Crippen LogP contribution in [0.4, 0.5) is 0 Å². The Kier molecular flexibility index (Phi) is 4.36. The molecule has 0 saturated carbocycles. The van der Waals surface area contributed by atoms with Crippen molar-refractivity contribution in [1.29, 1.82) is 0 Å². The van der Waals surface area contributed by atoms with Crippen molar-refractivity contribution in [2.45, 2.75) is 0 Å². The molecule has 1 saturated heterocycles. The highest BCUT2D eigenvalue weighted by atomic mass is 79.9. The molecule has 0 spiro atoms. The van der Waals surface area contributed by atoms with E-state index in [2.05, 4.69) is 27.9 Å². The lowest BCUT2D eigenvalue weighted by Crippen LogP contribution is -2.46. The quantitative estimate of drug-likeness (QED) is 0.782.